The van der Waals surface area contributed by atoms with Gasteiger partial charge in [-0.2, -0.15) is 0 Å². The van der Waals surface area contributed by atoms with Crippen molar-refractivity contribution in [3.63, 3.8) is 0 Å². The Hall–Kier alpha value is -3.92. The van der Waals surface area contributed by atoms with Crippen molar-refractivity contribution in [2.45, 2.75) is 60.8 Å². The summed E-state index contributed by atoms with van der Waals surface area (Å²) < 4.78 is 0. The fourth-order valence-electron chi connectivity index (χ4n) is 5.35. The highest BCUT2D eigenvalue weighted by Crippen LogP contribution is 2.34. The molecule has 0 radical (unpaired) electrons. The lowest BCUT2D eigenvalue weighted by molar-refractivity contribution is 0.457. The molecule has 4 heteroatoms. The summed E-state index contributed by atoms with van der Waals surface area (Å²) >= 11 is 0. The van der Waals surface area contributed by atoms with Crippen molar-refractivity contribution < 1.29 is 20.4 Å². The first-order chi connectivity index (χ1) is 17.4. The third-order valence-corrected chi connectivity index (χ3v) is 7.10. The molecule has 37 heavy (non-hydrogen) atoms. The molecule has 0 amide bonds. The van der Waals surface area contributed by atoms with Gasteiger partial charge in [0.15, 0.2) is 0 Å². The number of phenolic OH excluding ortho intramolecular Hbond substituents is 4. The third kappa shape index (κ3) is 5.59. The van der Waals surface area contributed by atoms with Crippen LogP contribution in [-0.2, 0) is 19.3 Å². The van der Waals surface area contributed by atoms with E-state index in [0.717, 1.165) is 66.8 Å². The smallest absolute Gasteiger partial charge is 0.122 e. The topological polar surface area (TPSA) is 80.9 Å². The van der Waals surface area contributed by atoms with Gasteiger partial charge in [-0.05, 0) is 104 Å². The molecule has 0 atom stereocenters. The monoisotopic (exact) mass is 496 g/mol. The van der Waals surface area contributed by atoms with Gasteiger partial charge in [0.25, 0.3) is 0 Å². The molecule has 0 saturated carbocycles. The molecule has 0 bridgehead atoms. The van der Waals surface area contributed by atoms with Crippen LogP contribution in [0.3, 0.4) is 0 Å². The van der Waals surface area contributed by atoms with E-state index >= 15 is 0 Å². The van der Waals surface area contributed by atoms with Crippen molar-refractivity contribution in [1.29, 1.82) is 0 Å². The Morgan fingerprint density at radius 3 is 1.03 bits per heavy atom. The Kier molecular flexibility index (Phi) is 7.22. The highest BCUT2D eigenvalue weighted by atomic mass is 16.3. The summed E-state index contributed by atoms with van der Waals surface area (Å²) in [6.45, 7) is 11.5. The van der Waals surface area contributed by atoms with Gasteiger partial charge in [0.05, 0.1) is 0 Å². The van der Waals surface area contributed by atoms with Gasteiger partial charge in [-0.3, -0.25) is 0 Å². The second-order valence-electron chi connectivity index (χ2n) is 10.6. The zero-order valence-corrected chi connectivity index (χ0v) is 22.5. The molecule has 4 rings (SSSR count). The van der Waals surface area contributed by atoms with Gasteiger partial charge in [0.2, 0.25) is 0 Å². The number of aryl methyl sites for hydroxylation is 6. The molecule has 4 N–H and O–H groups in total. The molecule has 4 aromatic carbocycles. The second-order valence-corrected chi connectivity index (χ2v) is 10.6. The van der Waals surface area contributed by atoms with Crippen LogP contribution in [0.2, 0.25) is 0 Å². The molecular weight excluding hydrogens is 460 g/mol. The molecule has 0 aliphatic carbocycles. The molecule has 0 aliphatic rings. The molecule has 4 nitrogen and oxygen atoms in total. The largest absolute Gasteiger partial charge is 0.507 e. The normalized spacial score (nSPS) is 11.2. The average molecular weight is 497 g/mol. The van der Waals surface area contributed by atoms with Gasteiger partial charge in [-0.25, -0.2) is 0 Å². The number of aromatic hydroxyl groups is 4. The number of benzene rings is 4. The summed E-state index contributed by atoms with van der Waals surface area (Å²) in [6.07, 6.45) is 1.49. The maximum Gasteiger partial charge on any atom is 0.122 e. The van der Waals surface area contributed by atoms with Gasteiger partial charge < -0.3 is 20.4 Å². The first kappa shape index (κ1) is 26.2. The Morgan fingerprint density at radius 2 is 0.676 bits per heavy atom. The summed E-state index contributed by atoms with van der Waals surface area (Å²) in [5, 5.41) is 42.8. The minimum Gasteiger partial charge on any atom is -0.507 e. The SMILES string of the molecule is Cc1cc(C)c(O)c(Cc2cc(Cc3cc(C)c(O)c(Cc4cc(C)cc(C)c4O)c3)cc(C)c2O)c1. The maximum absolute atomic E-state index is 10.8. The van der Waals surface area contributed by atoms with Crippen molar-refractivity contribution in [2.75, 3.05) is 0 Å². The van der Waals surface area contributed by atoms with Crippen molar-refractivity contribution >= 4 is 0 Å². The van der Waals surface area contributed by atoms with E-state index in [1.165, 1.54) is 0 Å². The minimum atomic E-state index is 0.246. The van der Waals surface area contributed by atoms with Crippen LogP contribution >= 0.6 is 0 Å². The number of phenols is 4. The van der Waals surface area contributed by atoms with E-state index in [0.29, 0.717) is 19.3 Å². The standard InChI is InChI=1S/C33H36O4/c1-18-7-20(3)30(34)26(9-18)16-28-14-24(11-22(5)32(28)36)13-25-12-23(6)33(37)29(15-25)17-27-10-19(2)8-21(4)31(27)35/h7-12,14-15,34-37H,13,16-17H2,1-6H3. The van der Waals surface area contributed by atoms with Gasteiger partial charge in [-0.15, -0.1) is 0 Å². The highest BCUT2D eigenvalue weighted by molar-refractivity contribution is 5.53. The molecule has 0 unspecified atom stereocenters. The van der Waals surface area contributed by atoms with Crippen LogP contribution < -0.4 is 0 Å². The van der Waals surface area contributed by atoms with E-state index in [-0.39, 0.29) is 23.0 Å². The molecule has 0 aliphatic heterocycles. The summed E-state index contributed by atoms with van der Waals surface area (Å²) in [5.74, 6) is 1.02. The van der Waals surface area contributed by atoms with Gasteiger partial charge in [0, 0.05) is 12.8 Å². The van der Waals surface area contributed by atoms with Crippen LogP contribution in [0, 0.1) is 41.5 Å². The molecule has 192 valence electrons. The zero-order chi connectivity index (χ0) is 27.0. The van der Waals surface area contributed by atoms with Crippen LogP contribution in [0.4, 0.5) is 0 Å². The zero-order valence-electron chi connectivity index (χ0n) is 22.5. The van der Waals surface area contributed by atoms with Crippen LogP contribution in [0.5, 0.6) is 23.0 Å². The number of hydrogen-bond donors (Lipinski definition) is 4. The van der Waals surface area contributed by atoms with Crippen LogP contribution in [0.25, 0.3) is 0 Å². The van der Waals surface area contributed by atoms with E-state index in [1.807, 2.05) is 90.1 Å². The number of hydrogen-bond acceptors (Lipinski definition) is 4. The highest BCUT2D eigenvalue weighted by Gasteiger charge is 2.15. The molecular formula is C33H36O4. The predicted octanol–water partition coefficient (Wildman–Crippen LogP) is 7.13. The lowest BCUT2D eigenvalue weighted by Crippen LogP contribution is -1.99. The average Bonchev–Trinajstić information content (AvgIpc) is 2.81. The lowest BCUT2D eigenvalue weighted by Gasteiger charge is -2.16. The lowest BCUT2D eigenvalue weighted by atomic mass is 9.92. The van der Waals surface area contributed by atoms with Gasteiger partial charge in [0.1, 0.15) is 23.0 Å². The van der Waals surface area contributed by atoms with E-state index in [1.54, 1.807) is 0 Å². The maximum atomic E-state index is 10.8. The summed E-state index contributed by atoms with van der Waals surface area (Å²) in [7, 11) is 0. The quantitative estimate of drug-likeness (QED) is 0.229. The first-order valence-corrected chi connectivity index (χ1v) is 12.6. The molecule has 0 fully saturated rings. The molecule has 0 saturated heterocycles. The molecule has 0 aromatic heterocycles. The Balaban J connectivity index is 1.68. The van der Waals surface area contributed by atoms with E-state index in [4.69, 9.17) is 0 Å². The van der Waals surface area contributed by atoms with Crippen molar-refractivity contribution in [2.24, 2.45) is 0 Å². The van der Waals surface area contributed by atoms with Crippen LogP contribution in [0.1, 0.15) is 66.8 Å². The van der Waals surface area contributed by atoms with Gasteiger partial charge in [-0.1, -0.05) is 59.7 Å². The second kappa shape index (κ2) is 10.2. The molecule has 0 heterocycles. The van der Waals surface area contributed by atoms with Crippen LogP contribution in [0.15, 0.2) is 48.5 Å². The Morgan fingerprint density at radius 1 is 0.378 bits per heavy atom. The summed E-state index contributed by atoms with van der Waals surface area (Å²) in [6, 6.07) is 15.8. The molecule has 4 aromatic rings. The predicted molar refractivity (Wildman–Crippen MR) is 149 cm³/mol. The Labute approximate surface area is 219 Å². The van der Waals surface area contributed by atoms with Crippen molar-refractivity contribution in [1.82, 2.24) is 0 Å². The van der Waals surface area contributed by atoms with E-state index in [2.05, 4.69) is 0 Å². The first-order valence-electron chi connectivity index (χ1n) is 12.6. The third-order valence-electron chi connectivity index (χ3n) is 7.10. The van der Waals surface area contributed by atoms with E-state index in [9.17, 15) is 20.4 Å². The Bertz CT molecular complexity index is 1380. The summed E-state index contributed by atoms with van der Waals surface area (Å²) in [5.41, 5.74) is 10.6. The summed E-state index contributed by atoms with van der Waals surface area (Å²) in [4.78, 5) is 0. The van der Waals surface area contributed by atoms with E-state index < -0.39 is 0 Å². The van der Waals surface area contributed by atoms with Crippen molar-refractivity contribution in [3.8, 4) is 23.0 Å². The fraction of sp³-hybridized carbons (Fsp3) is 0.273. The van der Waals surface area contributed by atoms with Crippen molar-refractivity contribution in [3.05, 3.63) is 115 Å². The minimum absolute atomic E-state index is 0.246. The van der Waals surface area contributed by atoms with Crippen LogP contribution in [-0.4, -0.2) is 20.4 Å². The van der Waals surface area contributed by atoms with Gasteiger partial charge >= 0.3 is 0 Å². The number of rotatable bonds is 6. The molecule has 0 spiro atoms. The fourth-order valence-corrected chi connectivity index (χ4v) is 5.35.